The molecule has 0 saturated carbocycles. The molecule has 0 bridgehead atoms. The summed E-state index contributed by atoms with van der Waals surface area (Å²) in [5.41, 5.74) is 5.00. The molecule has 6 nitrogen and oxygen atoms in total. The first-order valence-electron chi connectivity index (χ1n) is 10.5. The Bertz CT molecular complexity index is 846. The van der Waals surface area contributed by atoms with Gasteiger partial charge in [-0.3, -0.25) is 9.88 Å². The smallest absolute Gasteiger partial charge is 0.169 e. The van der Waals surface area contributed by atoms with Crippen LogP contribution in [0, 0.1) is 13.8 Å². The molecule has 2 aromatic rings. The molecule has 156 valence electrons. The molecule has 1 N–H and O–H groups in total. The van der Waals surface area contributed by atoms with E-state index in [2.05, 4.69) is 57.7 Å². The van der Waals surface area contributed by atoms with E-state index in [-0.39, 0.29) is 12.1 Å². The normalized spacial score (nSPS) is 22.9. The Morgan fingerprint density at radius 1 is 1.21 bits per heavy atom. The monoisotopic (exact) mass is 413 g/mol. The van der Waals surface area contributed by atoms with Crippen molar-refractivity contribution in [2.45, 2.75) is 38.9 Å². The van der Waals surface area contributed by atoms with E-state index < -0.39 is 0 Å². The van der Waals surface area contributed by atoms with Gasteiger partial charge in [-0.05, 0) is 56.2 Å². The van der Waals surface area contributed by atoms with Crippen LogP contribution in [-0.2, 0) is 11.3 Å². The van der Waals surface area contributed by atoms with Gasteiger partial charge < -0.3 is 19.5 Å². The molecular weight excluding hydrogens is 382 g/mol. The maximum Gasteiger partial charge on any atom is 0.169 e. The summed E-state index contributed by atoms with van der Waals surface area (Å²) in [6.45, 7) is 10.4. The van der Waals surface area contributed by atoms with Gasteiger partial charge in [-0.2, -0.15) is 0 Å². The van der Waals surface area contributed by atoms with Crippen LogP contribution in [-0.4, -0.2) is 64.4 Å². The summed E-state index contributed by atoms with van der Waals surface area (Å²) < 4.78 is 7.91. The van der Waals surface area contributed by atoms with Crippen LogP contribution in [0.25, 0.3) is 0 Å². The van der Waals surface area contributed by atoms with E-state index in [1.807, 2.05) is 18.3 Å². The summed E-state index contributed by atoms with van der Waals surface area (Å²) in [6.07, 6.45) is 3.00. The molecular formula is C22H31N5OS. The highest BCUT2D eigenvalue weighted by Gasteiger charge is 2.39. The maximum absolute atomic E-state index is 5.59. The summed E-state index contributed by atoms with van der Waals surface area (Å²) in [5.74, 6) is 0. The van der Waals surface area contributed by atoms with Crippen molar-refractivity contribution in [3.63, 3.8) is 0 Å². The Morgan fingerprint density at radius 2 is 2.00 bits per heavy atom. The van der Waals surface area contributed by atoms with E-state index >= 15 is 0 Å². The van der Waals surface area contributed by atoms with E-state index in [4.69, 9.17) is 17.0 Å². The number of morpholine rings is 1. The molecule has 29 heavy (non-hydrogen) atoms. The number of thiocarbonyl (C=S) groups is 1. The Balaban J connectivity index is 1.53. The molecule has 0 aliphatic carbocycles. The molecule has 2 aliphatic heterocycles. The highest BCUT2D eigenvalue weighted by atomic mass is 32.1. The molecule has 0 unspecified atom stereocenters. The van der Waals surface area contributed by atoms with Gasteiger partial charge in [0, 0.05) is 50.8 Å². The lowest BCUT2D eigenvalue weighted by Gasteiger charge is -2.27. The van der Waals surface area contributed by atoms with Crippen LogP contribution < -0.4 is 5.32 Å². The van der Waals surface area contributed by atoms with Gasteiger partial charge in [0.25, 0.3) is 0 Å². The van der Waals surface area contributed by atoms with Crippen molar-refractivity contribution in [3.05, 3.63) is 53.1 Å². The van der Waals surface area contributed by atoms with Gasteiger partial charge in [-0.1, -0.05) is 6.07 Å². The average molecular weight is 414 g/mol. The van der Waals surface area contributed by atoms with Crippen LogP contribution in [0.2, 0.25) is 0 Å². The molecule has 2 atom stereocenters. The highest BCUT2D eigenvalue weighted by Crippen LogP contribution is 2.39. The van der Waals surface area contributed by atoms with Crippen LogP contribution in [0.3, 0.4) is 0 Å². The third-order valence-electron chi connectivity index (χ3n) is 6.23. The first-order chi connectivity index (χ1) is 14.1. The zero-order chi connectivity index (χ0) is 20.4. The standard InChI is InChI=1S/C22H31N5OS/c1-16-15-18(17(2)27(16)10-6-9-26-11-13-28-14-12-26)21-20(24-22(29)25(21)3)19-7-4-5-8-23-19/h4-5,7-8,15,20-21H,6,9-14H2,1-3H3,(H,24,29)/t20-,21-/m0/s1. The van der Waals surface area contributed by atoms with Crippen molar-refractivity contribution in [2.24, 2.45) is 0 Å². The second-order valence-corrected chi connectivity index (χ2v) is 8.41. The minimum absolute atomic E-state index is 0.0657. The molecule has 2 aromatic heterocycles. The van der Waals surface area contributed by atoms with Gasteiger partial charge in [0.05, 0.1) is 31.0 Å². The topological polar surface area (TPSA) is 45.6 Å². The zero-order valence-electron chi connectivity index (χ0n) is 17.6. The molecule has 0 amide bonds. The number of hydrogen-bond acceptors (Lipinski definition) is 4. The number of aryl methyl sites for hydroxylation is 1. The lowest BCUT2D eigenvalue weighted by atomic mass is 9.97. The molecule has 4 rings (SSSR count). The molecule has 0 aromatic carbocycles. The Hall–Kier alpha value is -1.96. The van der Waals surface area contributed by atoms with Crippen molar-refractivity contribution in [2.75, 3.05) is 39.9 Å². The van der Waals surface area contributed by atoms with Gasteiger partial charge in [0.1, 0.15) is 0 Å². The molecule has 0 radical (unpaired) electrons. The van der Waals surface area contributed by atoms with Crippen molar-refractivity contribution < 1.29 is 4.74 Å². The van der Waals surface area contributed by atoms with E-state index in [1.54, 1.807) is 0 Å². The summed E-state index contributed by atoms with van der Waals surface area (Å²) in [7, 11) is 2.08. The fraction of sp³-hybridized carbons (Fsp3) is 0.545. The number of ether oxygens (including phenoxy) is 1. The summed E-state index contributed by atoms with van der Waals surface area (Å²) in [5, 5.41) is 4.26. The molecule has 2 aliphatic rings. The van der Waals surface area contributed by atoms with Gasteiger partial charge in [-0.25, -0.2) is 0 Å². The van der Waals surface area contributed by atoms with Crippen molar-refractivity contribution in [3.8, 4) is 0 Å². The molecule has 7 heteroatoms. The zero-order valence-corrected chi connectivity index (χ0v) is 18.4. The van der Waals surface area contributed by atoms with Gasteiger partial charge in [-0.15, -0.1) is 0 Å². The average Bonchev–Trinajstić information content (AvgIpc) is 3.19. The van der Waals surface area contributed by atoms with Crippen molar-refractivity contribution in [1.29, 1.82) is 0 Å². The maximum atomic E-state index is 5.59. The fourth-order valence-electron chi connectivity index (χ4n) is 4.60. The van der Waals surface area contributed by atoms with Crippen LogP contribution >= 0.6 is 12.2 Å². The second-order valence-electron chi connectivity index (χ2n) is 8.02. The number of nitrogens with one attached hydrogen (secondary N) is 1. The van der Waals surface area contributed by atoms with E-state index in [9.17, 15) is 0 Å². The SMILES string of the molecule is Cc1cc([C@H]2[C@H](c3ccccn3)NC(=S)N2C)c(C)n1CCCN1CCOCC1. The van der Waals surface area contributed by atoms with Crippen molar-refractivity contribution >= 4 is 17.3 Å². The van der Waals surface area contributed by atoms with Gasteiger partial charge in [0.2, 0.25) is 0 Å². The van der Waals surface area contributed by atoms with Crippen LogP contribution in [0.4, 0.5) is 0 Å². The van der Waals surface area contributed by atoms with Gasteiger partial charge >= 0.3 is 0 Å². The minimum atomic E-state index is 0.0657. The lowest BCUT2D eigenvalue weighted by Crippen LogP contribution is -2.37. The largest absolute Gasteiger partial charge is 0.379 e. The molecule has 4 heterocycles. The summed E-state index contributed by atoms with van der Waals surface area (Å²) in [4.78, 5) is 9.27. The predicted molar refractivity (Wildman–Crippen MR) is 119 cm³/mol. The number of nitrogens with zero attached hydrogens (tertiary/aromatic N) is 4. The summed E-state index contributed by atoms with van der Waals surface area (Å²) in [6, 6.07) is 8.62. The molecule has 2 fully saturated rings. The Morgan fingerprint density at radius 3 is 2.72 bits per heavy atom. The van der Waals surface area contributed by atoms with E-state index in [0.29, 0.717) is 0 Å². The Labute approximate surface area is 178 Å². The molecule has 2 saturated heterocycles. The highest BCUT2D eigenvalue weighted by molar-refractivity contribution is 7.80. The molecule has 0 spiro atoms. The number of rotatable bonds is 6. The number of likely N-dealkylation sites (N-methyl/N-ethyl adjacent to an activating group) is 1. The quantitative estimate of drug-likeness (QED) is 0.735. The first-order valence-corrected chi connectivity index (χ1v) is 10.9. The van der Waals surface area contributed by atoms with E-state index in [0.717, 1.165) is 56.6 Å². The minimum Gasteiger partial charge on any atom is -0.379 e. The Kier molecular flexibility index (Phi) is 6.18. The van der Waals surface area contributed by atoms with Crippen molar-refractivity contribution in [1.82, 2.24) is 24.7 Å². The van der Waals surface area contributed by atoms with Gasteiger partial charge in [0.15, 0.2) is 5.11 Å². The number of hydrogen-bond donors (Lipinski definition) is 1. The lowest BCUT2D eigenvalue weighted by molar-refractivity contribution is 0.0369. The van der Waals surface area contributed by atoms with E-state index in [1.165, 1.54) is 17.0 Å². The van der Waals surface area contributed by atoms with Crippen LogP contribution in [0.5, 0.6) is 0 Å². The fourth-order valence-corrected chi connectivity index (χ4v) is 4.84. The number of aromatic nitrogens is 2. The third-order valence-corrected chi connectivity index (χ3v) is 6.64. The summed E-state index contributed by atoms with van der Waals surface area (Å²) >= 11 is 5.59. The second kappa shape index (κ2) is 8.81. The van der Waals surface area contributed by atoms with Crippen LogP contribution in [0.15, 0.2) is 30.5 Å². The number of pyridine rings is 1. The third kappa shape index (κ3) is 4.17. The van der Waals surface area contributed by atoms with Crippen LogP contribution in [0.1, 0.15) is 41.1 Å². The predicted octanol–water partition coefficient (Wildman–Crippen LogP) is 2.82. The first kappa shape index (κ1) is 20.3.